The van der Waals surface area contributed by atoms with Gasteiger partial charge in [-0.1, -0.05) is 12.1 Å². The van der Waals surface area contributed by atoms with Crippen molar-refractivity contribution < 1.29 is 29.6 Å². The van der Waals surface area contributed by atoms with Crippen LogP contribution in [0.2, 0.25) is 0 Å². The highest BCUT2D eigenvalue weighted by molar-refractivity contribution is 5.70. The lowest BCUT2D eigenvalue weighted by molar-refractivity contribution is -0.149. The first kappa shape index (κ1) is 17.8. The number of phenolic OH excluding ortho intramolecular Hbond substituents is 2. The van der Waals surface area contributed by atoms with Crippen molar-refractivity contribution in [1.82, 2.24) is 0 Å². The van der Waals surface area contributed by atoms with Crippen molar-refractivity contribution in [3.05, 3.63) is 47.7 Å². The van der Waals surface area contributed by atoms with Crippen LogP contribution < -0.4 is 5.73 Å². The van der Waals surface area contributed by atoms with Crippen LogP contribution in [-0.4, -0.2) is 33.8 Å². The number of nitrogens with two attached hydrogens (primary N) is 1. The highest BCUT2D eigenvalue weighted by atomic mass is 16.6. The molecule has 1 aromatic carbocycles. The van der Waals surface area contributed by atoms with Crippen molar-refractivity contribution in [3.63, 3.8) is 0 Å². The third kappa shape index (κ3) is 4.27. The molecule has 1 heterocycles. The van der Waals surface area contributed by atoms with E-state index >= 15 is 0 Å². The molecule has 130 valence electrons. The standard InChI is InChI=1S/C17H21NO6/c1-2-13-12(6-8-24-17(13,18)22)10-16(21)23-7-5-11-3-4-14(19)15(20)9-11/h2-4,6,8-9,12,19-20,22H,5,7,10,18H2,1H3/b13-2+/t12-,17?/m0/s1. The number of aromatic hydroxyl groups is 2. The molecule has 1 aliphatic heterocycles. The normalized spacial score (nSPS) is 24.6. The minimum absolute atomic E-state index is 0.0276. The topological polar surface area (TPSA) is 122 Å². The maximum atomic E-state index is 12.0. The van der Waals surface area contributed by atoms with Crippen LogP contribution >= 0.6 is 0 Å². The molecule has 0 fully saturated rings. The number of benzene rings is 1. The van der Waals surface area contributed by atoms with Crippen LogP contribution in [0.5, 0.6) is 11.5 Å². The maximum absolute atomic E-state index is 12.0. The number of ether oxygens (including phenoxy) is 2. The van der Waals surface area contributed by atoms with Crippen LogP contribution in [0.1, 0.15) is 18.9 Å². The summed E-state index contributed by atoms with van der Waals surface area (Å²) >= 11 is 0. The maximum Gasteiger partial charge on any atom is 0.306 e. The van der Waals surface area contributed by atoms with Gasteiger partial charge in [0.15, 0.2) is 11.5 Å². The van der Waals surface area contributed by atoms with Crippen LogP contribution in [0.25, 0.3) is 0 Å². The van der Waals surface area contributed by atoms with Crippen molar-refractivity contribution >= 4 is 5.97 Å². The van der Waals surface area contributed by atoms with Crippen LogP contribution in [0.4, 0.5) is 0 Å². The molecule has 0 spiro atoms. The minimum Gasteiger partial charge on any atom is -0.504 e. The summed E-state index contributed by atoms with van der Waals surface area (Å²) < 4.78 is 10.1. The molecule has 0 saturated heterocycles. The zero-order valence-corrected chi connectivity index (χ0v) is 13.3. The third-order valence-corrected chi connectivity index (χ3v) is 3.76. The Balaban J connectivity index is 1.86. The van der Waals surface area contributed by atoms with Crippen LogP contribution in [0, 0.1) is 5.92 Å². The number of hydrogen-bond donors (Lipinski definition) is 4. The largest absolute Gasteiger partial charge is 0.504 e. The third-order valence-electron chi connectivity index (χ3n) is 3.76. The van der Waals surface area contributed by atoms with Gasteiger partial charge in [0.1, 0.15) is 0 Å². The summed E-state index contributed by atoms with van der Waals surface area (Å²) in [4.78, 5) is 12.0. The molecule has 7 nitrogen and oxygen atoms in total. The van der Waals surface area contributed by atoms with Crippen LogP contribution in [-0.2, 0) is 20.7 Å². The van der Waals surface area contributed by atoms with E-state index in [1.807, 2.05) is 0 Å². The molecule has 0 bridgehead atoms. The number of carbonyl (C=O) groups is 1. The number of hydrogen-bond acceptors (Lipinski definition) is 7. The molecule has 0 aromatic heterocycles. The Labute approximate surface area is 139 Å². The predicted molar refractivity (Wildman–Crippen MR) is 85.7 cm³/mol. The van der Waals surface area contributed by atoms with E-state index in [1.54, 1.807) is 25.1 Å². The average Bonchev–Trinajstić information content (AvgIpc) is 2.50. The fourth-order valence-corrected chi connectivity index (χ4v) is 2.52. The van der Waals surface area contributed by atoms with E-state index in [4.69, 9.17) is 15.2 Å². The van der Waals surface area contributed by atoms with Crippen LogP contribution in [0.15, 0.2) is 42.2 Å². The van der Waals surface area contributed by atoms with E-state index in [2.05, 4.69) is 0 Å². The number of carbonyl (C=O) groups excluding carboxylic acids is 1. The van der Waals surface area contributed by atoms with Crippen molar-refractivity contribution in [2.45, 2.75) is 25.7 Å². The van der Waals surface area contributed by atoms with Gasteiger partial charge >= 0.3 is 5.97 Å². The van der Waals surface area contributed by atoms with Crippen molar-refractivity contribution in [2.24, 2.45) is 11.7 Å². The molecule has 2 rings (SSSR count). The molecule has 5 N–H and O–H groups in total. The highest BCUT2D eigenvalue weighted by Crippen LogP contribution is 2.30. The van der Waals surface area contributed by atoms with Gasteiger partial charge in [-0.3, -0.25) is 10.5 Å². The average molecular weight is 335 g/mol. The summed E-state index contributed by atoms with van der Waals surface area (Å²) in [7, 11) is 0. The van der Waals surface area contributed by atoms with Crippen molar-refractivity contribution in [2.75, 3.05) is 6.61 Å². The molecule has 2 atom stereocenters. The van der Waals surface area contributed by atoms with Crippen molar-refractivity contribution in [1.29, 1.82) is 0 Å². The van der Waals surface area contributed by atoms with Gasteiger partial charge in [0, 0.05) is 17.9 Å². The van der Waals surface area contributed by atoms with E-state index in [1.165, 1.54) is 18.4 Å². The number of aliphatic hydroxyl groups is 1. The van der Waals surface area contributed by atoms with Gasteiger partial charge in [-0.2, -0.15) is 0 Å². The first-order chi connectivity index (χ1) is 11.3. The second-order valence-electron chi connectivity index (χ2n) is 5.49. The SMILES string of the molecule is C/C=C1\[C@H](CC(=O)OCCc2ccc(O)c(O)c2)C=COC1(N)O. The molecular formula is C17H21NO6. The molecule has 0 radical (unpaired) electrons. The summed E-state index contributed by atoms with van der Waals surface area (Å²) in [6, 6.07) is 4.42. The number of phenols is 2. The Bertz CT molecular complexity index is 665. The molecule has 1 aromatic rings. The second-order valence-corrected chi connectivity index (χ2v) is 5.49. The zero-order chi connectivity index (χ0) is 17.7. The van der Waals surface area contributed by atoms with Gasteiger partial charge in [-0.25, -0.2) is 0 Å². The Morgan fingerprint density at radius 2 is 2.17 bits per heavy atom. The summed E-state index contributed by atoms with van der Waals surface area (Å²) in [5.74, 6) is -3.17. The first-order valence-corrected chi connectivity index (χ1v) is 7.52. The van der Waals surface area contributed by atoms with Crippen molar-refractivity contribution in [3.8, 4) is 11.5 Å². The monoisotopic (exact) mass is 335 g/mol. The Kier molecular flexibility index (Phi) is 5.48. The molecule has 1 aliphatic rings. The molecule has 0 amide bonds. The molecule has 0 saturated carbocycles. The quantitative estimate of drug-likeness (QED) is 0.277. The van der Waals surface area contributed by atoms with Gasteiger partial charge in [0.2, 0.25) is 0 Å². The van der Waals surface area contributed by atoms with E-state index < -0.39 is 17.8 Å². The molecular weight excluding hydrogens is 314 g/mol. The second kappa shape index (κ2) is 7.37. The van der Waals surface area contributed by atoms with Gasteiger partial charge in [0.05, 0.1) is 19.3 Å². The Morgan fingerprint density at radius 3 is 2.83 bits per heavy atom. The summed E-state index contributed by atoms with van der Waals surface area (Å²) in [5.41, 5.74) is 6.74. The smallest absolute Gasteiger partial charge is 0.306 e. The Morgan fingerprint density at radius 1 is 1.42 bits per heavy atom. The first-order valence-electron chi connectivity index (χ1n) is 7.52. The highest BCUT2D eigenvalue weighted by Gasteiger charge is 2.36. The lowest BCUT2D eigenvalue weighted by Gasteiger charge is -2.32. The summed E-state index contributed by atoms with van der Waals surface area (Å²) in [6.07, 6.45) is 4.95. The lowest BCUT2D eigenvalue weighted by atomic mass is 9.91. The lowest BCUT2D eigenvalue weighted by Crippen LogP contribution is -2.47. The fraction of sp³-hybridized carbons (Fsp3) is 0.353. The Hall–Kier alpha value is -2.51. The minimum atomic E-state index is -1.92. The molecule has 7 heteroatoms. The summed E-state index contributed by atoms with van der Waals surface area (Å²) in [5, 5.41) is 28.6. The van der Waals surface area contributed by atoms with E-state index in [-0.39, 0.29) is 24.5 Å². The fourth-order valence-electron chi connectivity index (χ4n) is 2.52. The van der Waals surface area contributed by atoms with E-state index in [0.29, 0.717) is 12.0 Å². The zero-order valence-electron chi connectivity index (χ0n) is 13.3. The van der Waals surface area contributed by atoms with Gasteiger partial charge in [-0.15, -0.1) is 0 Å². The molecule has 0 aliphatic carbocycles. The van der Waals surface area contributed by atoms with Gasteiger partial charge in [0.25, 0.3) is 5.91 Å². The number of allylic oxidation sites excluding steroid dienone is 2. The van der Waals surface area contributed by atoms with Crippen LogP contribution in [0.3, 0.4) is 0 Å². The van der Waals surface area contributed by atoms with Gasteiger partial charge < -0.3 is 24.8 Å². The molecule has 24 heavy (non-hydrogen) atoms. The molecule has 1 unspecified atom stereocenters. The number of esters is 1. The van der Waals surface area contributed by atoms with E-state index in [0.717, 1.165) is 5.56 Å². The number of rotatable bonds is 5. The predicted octanol–water partition coefficient (Wildman–Crippen LogP) is 1.28. The van der Waals surface area contributed by atoms with Gasteiger partial charge in [-0.05, 0) is 30.7 Å². The van der Waals surface area contributed by atoms with E-state index in [9.17, 15) is 20.1 Å². The summed E-state index contributed by atoms with van der Waals surface area (Å²) in [6.45, 7) is 1.83.